The molecule has 0 saturated carbocycles. The van der Waals surface area contributed by atoms with E-state index in [0.29, 0.717) is 95.1 Å². The summed E-state index contributed by atoms with van der Waals surface area (Å²) >= 11 is 1.21. The molecule has 2 saturated heterocycles. The molecule has 6 heterocycles. The molecule has 2 N–H and O–H groups in total. The number of pyridine rings is 2. The summed E-state index contributed by atoms with van der Waals surface area (Å²) in [6.45, 7) is 4.16. The highest BCUT2D eigenvalue weighted by Crippen LogP contribution is 2.40. The molecule has 4 aromatic rings. The maximum Gasteiger partial charge on any atom is 0.270 e. The van der Waals surface area contributed by atoms with Crippen molar-refractivity contribution >= 4 is 50.8 Å². The largest absolute Gasteiger partial charge is 0.389 e. The third kappa shape index (κ3) is 4.98. The van der Waals surface area contributed by atoms with Crippen LogP contribution in [0.5, 0.6) is 0 Å². The first kappa shape index (κ1) is 28.1. The molecular weight excluding hydrogens is 585 g/mol. The molecule has 3 aliphatic rings. The number of benzene rings is 1. The summed E-state index contributed by atoms with van der Waals surface area (Å²) in [6, 6.07) is 11.8. The maximum atomic E-state index is 13.6. The highest BCUT2D eigenvalue weighted by atomic mass is 32.1. The topological polar surface area (TPSA) is 142 Å². The Morgan fingerprint density at radius 1 is 1.11 bits per heavy atom. The number of fused-ring (bicyclic) bond motifs is 2. The van der Waals surface area contributed by atoms with Crippen LogP contribution in [0.1, 0.15) is 20.9 Å². The van der Waals surface area contributed by atoms with Gasteiger partial charge in [-0.25, -0.2) is 19.3 Å². The number of hydrogen-bond donors (Lipinski definition) is 2. The minimum atomic E-state index is -0.413. The molecule has 7 rings (SSSR count). The molecule has 12 nitrogen and oxygen atoms in total. The number of halogens is 1. The van der Waals surface area contributed by atoms with E-state index in [1.807, 2.05) is 24.1 Å². The number of likely N-dealkylation sites (tertiary alicyclic amines) is 1. The van der Waals surface area contributed by atoms with Crippen LogP contribution >= 0.6 is 11.3 Å². The maximum absolute atomic E-state index is 13.6. The fourth-order valence-electron chi connectivity index (χ4n) is 5.81. The van der Waals surface area contributed by atoms with E-state index in [2.05, 4.69) is 26.2 Å². The number of nitriles is 1. The van der Waals surface area contributed by atoms with Crippen LogP contribution < -0.4 is 15.1 Å². The van der Waals surface area contributed by atoms with E-state index in [4.69, 9.17) is 9.97 Å². The van der Waals surface area contributed by atoms with Crippen molar-refractivity contribution in [1.29, 1.82) is 5.26 Å². The summed E-state index contributed by atoms with van der Waals surface area (Å²) in [5.74, 6) is 0.155. The van der Waals surface area contributed by atoms with Crippen LogP contribution in [0.2, 0.25) is 0 Å². The summed E-state index contributed by atoms with van der Waals surface area (Å²) in [6.07, 6.45) is -0.413. The molecule has 0 unspecified atom stereocenters. The fourth-order valence-corrected chi connectivity index (χ4v) is 6.66. The highest BCUT2D eigenvalue weighted by molar-refractivity contribution is 7.16. The third-order valence-corrected chi connectivity index (χ3v) is 9.29. The lowest BCUT2D eigenvalue weighted by Gasteiger charge is -2.39. The van der Waals surface area contributed by atoms with E-state index < -0.39 is 6.10 Å². The van der Waals surface area contributed by atoms with Gasteiger partial charge in [-0.15, -0.1) is 0 Å². The Labute approximate surface area is 256 Å². The number of aliphatic hydroxyl groups excluding tert-OH is 1. The number of thiazole rings is 1. The van der Waals surface area contributed by atoms with Gasteiger partial charge in [0.05, 0.1) is 23.9 Å². The lowest BCUT2D eigenvalue weighted by Crippen LogP contribution is -2.57. The average molecular weight is 614 g/mol. The lowest BCUT2D eigenvalue weighted by atomic mass is 10.1. The van der Waals surface area contributed by atoms with Crippen molar-refractivity contribution in [3.63, 3.8) is 0 Å². The minimum absolute atomic E-state index is 0.0349. The second kappa shape index (κ2) is 11.1. The van der Waals surface area contributed by atoms with Gasteiger partial charge in [0.25, 0.3) is 5.91 Å². The van der Waals surface area contributed by atoms with Crippen molar-refractivity contribution in [2.45, 2.75) is 12.6 Å². The van der Waals surface area contributed by atoms with Crippen LogP contribution in [-0.2, 0) is 11.3 Å². The quantitative estimate of drug-likeness (QED) is 0.332. The molecule has 44 heavy (non-hydrogen) atoms. The number of anilines is 3. The number of hydrogen-bond acceptors (Lipinski definition) is 11. The molecular formula is C30H28FN9O3S. The second-order valence-corrected chi connectivity index (χ2v) is 12.1. The molecule has 3 aliphatic heterocycles. The zero-order valence-corrected chi connectivity index (χ0v) is 24.6. The van der Waals surface area contributed by atoms with Gasteiger partial charge in [-0.05, 0) is 36.4 Å². The summed E-state index contributed by atoms with van der Waals surface area (Å²) in [7, 11) is 1.83. The number of amides is 2. The smallest absolute Gasteiger partial charge is 0.270 e. The van der Waals surface area contributed by atoms with E-state index >= 15 is 0 Å². The number of aliphatic hydroxyl groups is 1. The normalized spacial score (nSPS) is 16.9. The van der Waals surface area contributed by atoms with Crippen LogP contribution in [0.25, 0.3) is 22.3 Å². The summed E-state index contributed by atoms with van der Waals surface area (Å²) < 4.78 is 13.6. The number of carbonyl (C=O) groups is 2. The number of nitrogens with zero attached hydrogens (tertiary/aromatic N) is 8. The van der Waals surface area contributed by atoms with Gasteiger partial charge in [-0.2, -0.15) is 5.26 Å². The molecule has 2 fully saturated rings. The van der Waals surface area contributed by atoms with Crippen LogP contribution in [0.15, 0.2) is 36.4 Å². The van der Waals surface area contributed by atoms with Crippen molar-refractivity contribution in [3.05, 3.63) is 58.3 Å². The van der Waals surface area contributed by atoms with Crippen molar-refractivity contribution < 1.29 is 19.1 Å². The summed E-state index contributed by atoms with van der Waals surface area (Å²) in [5.41, 5.74) is 3.96. The van der Waals surface area contributed by atoms with Crippen LogP contribution in [-0.4, -0.2) is 101 Å². The predicted octanol–water partition coefficient (Wildman–Crippen LogP) is 2.10. The Balaban J connectivity index is 1.20. The summed E-state index contributed by atoms with van der Waals surface area (Å²) in [4.78, 5) is 47.8. The number of rotatable bonds is 6. The van der Waals surface area contributed by atoms with Crippen molar-refractivity contribution in [2.24, 2.45) is 0 Å². The Morgan fingerprint density at radius 3 is 2.57 bits per heavy atom. The van der Waals surface area contributed by atoms with Crippen LogP contribution in [0.3, 0.4) is 0 Å². The van der Waals surface area contributed by atoms with E-state index in [1.54, 1.807) is 17.0 Å². The van der Waals surface area contributed by atoms with E-state index in [9.17, 15) is 24.3 Å². The fraction of sp³-hybridized carbons (Fsp3) is 0.333. The summed E-state index contributed by atoms with van der Waals surface area (Å²) in [5, 5.41) is 22.8. The van der Waals surface area contributed by atoms with Gasteiger partial charge in [-0.3, -0.25) is 14.5 Å². The Bertz CT molecular complexity index is 1830. The number of carbonyl (C=O) groups excluding carboxylic acids is 2. The molecule has 2 amide bonds. The minimum Gasteiger partial charge on any atom is -0.389 e. The van der Waals surface area contributed by atoms with Crippen molar-refractivity contribution in [3.8, 4) is 17.3 Å². The number of aromatic nitrogens is 3. The Kier molecular flexibility index (Phi) is 7.08. The monoisotopic (exact) mass is 613 g/mol. The van der Waals surface area contributed by atoms with E-state index in [1.165, 1.54) is 23.5 Å². The van der Waals surface area contributed by atoms with Crippen LogP contribution in [0, 0.1) is 17.1 Å². The number of piperazine rings is 1. The Hall–Kier alpha value is -4.71. The third-order valence-electron chi connectivity index (χ3n) is 8.26. The number of nitrogens with one attached hydrogen (secondary N) is 1. The number of β-amino-alcohol motifs (C(OH)–C–C–N with tert-alkyl or cyclic N) is 1. The molecule has 14 heteroatoms. The first-order valence-corrected chi connectivity index (χ1v) is 15.1. The van der Waals surface area contributed by atoms with E-state index in [-0.39, 0.29) is 24.2 Å². The zero-order chi connectivity index (χ0) is 30.5. The first-order valence-electron chi connectivity index (χ1n) is 14.2. The van der Waals surface area contributed by atoms with Gasteiger partial charge in [0, 0.05) is 64.0 Å². The lowest BCUT2D eigenvalue weighted by molar-refractivity contribution is -0.142. The molecule has 0 bridgehead atoms. The molecule has 0 spiro atoms. The predicted molar refractivity (Wildman–Crippen MR) is 162 cm³/mol. The first-order chi connectivity index (χ1) is 21.3. The zero-order valence-electron chi connectivity index (χ0n) is 23.8. The van der Waals surface area contributed by atoms with Gasteiger partial charge in [0.1, 0.15) is 39.5 Å². The second-order valence-electron chi connectivity index (χ2n) is 11.1. The molecule has 0 aliphatic carbocycles. The van der Waals surface area contributed by atoms with Crippen LogP contribution in [0.4, 0.5) is 21.0 Å². The van der Waals surface area contributed by atoms with E-state index in [0.717, 1.165) is 5.82 Å². The van der Waals surface area contributed by atoms with Gasteiger partial charge >= 0.3 is 0 Å². The molecule has 224 valence electrons. The molecule has 0 atom stereocenters. The van der Waals surface area contributed by atoms with Gasteiger partial charge < -0.3 is 25.1 Å². The molecule has 0 radical (unpaired) electrons. The SMILES string of the molecule is CN(c1nc(-c2ccc(F)cc2)c(C#N)s1)c1c2c(nc3ccc(N4CCN(CC(=O)N5CC(O)C5)CC4)nc13)C(=O)NC2. The highest BCUT2D eigenvalue weighted by Gasteiger charge is 2.32. The Morgan fingerprint density at radius 2 is 1.86 bits per heavy atom. The van der Waals surface area contributed by atoms with Crippen molar-refractivity contribution in [2.75, 3.05) is 62.7 Å². The standard InChI is InChI=1S/C30H28FN9O3S/c1-37(30-36-25(22(12-32)44-30)17-2-4-18(31)5-3-17)28-20-13-33-29(43)26(20)34-21-6-7-23(35-27(21)28)39-10-8-38(9-11-39)16-24(42)40-14-19(41)15-40/h2-7,19,41H,8-11,13-16H2,1H3,(H,33,43). The molecule has 1 aromatic carbocycles. The van der Waals surface area contributed by atoms with Gasteiger partial charge in [0.2, 0.25) is 5.91 Å². The van der Waals surface area contributed by atoms with Gasteiger partial charge in [0.15, 0.2) is 5.13 Å². The molecule has 3 aromatic heterocycles. The van der Waals surface area contributed by atoms with Gasteiger partial charge in [-0.1, -0.05) is 11.3 Å². The van der Waals surface area contributed by atoms with Crippen molar-refractivity contribution in [1.82, 2.24) is 30.1 Å². The average Bonchev–Trinajstić information content (AvgIpc) is 3.62.